The highest BCUT2D eigenvalue weighted by Gasteiger charge is 2.47. The quantitative estimate of drug-likeness (QED) is 0.742. The van der Waals surface area contributed by atoms with Crippen molar-refractivity contribution in [3.05, 3.63) is 35.9 Å². The molecule has 0 aliphatic heterocycles. The van der Waals surface area contributed by atoms with Gasteiger partial charge in [0.05, 0.1) is 0 Å². The monoisotopic (exact) mass is 264 g/mol. The number of hydrogen-bond donors (Lipinski definition) is 2. The van der Waals surface area contributed by atoms with E-state index in [-0.39, 0.29) is 0 Å². The Balaban J connectivity index is 3.41. The van der Waals surface area contributed by atoms with Crippen molar-refractivity contribution in [2.75, 3.05) is 0 Å². The van der Waals surface area contributed by atoms with Gasteiger partial charge in [-0.15, -0.1) is 0 Å². The van der Waals surface area contributed by atoms with Crippen LogP contribution in [0.15, 0.2) is 30.3 Å². The lowest BCUT2D eigenvalue weighted by Gasteiger charge is -2.36. The fourth-order valence-electron chi connectivity index (χ4n) is 2.83. The molecule has 0 saturated carbocycles. The van der Waals surface area contributed by atoms with Crippen LogP contribution in [0.25, 0.3) is 0 Å². The average Bonchev–Trinajstić information content (AvgIpc) is 2.38. The highest BCUT2D eigenvalue weighted by atomic mass is 16.4. The second kappa shape index (κ2) is 6.36. The fourth-order valence-corrected chi connectivity index (χ4v) is 2.83. The number of aliphatic carboxylic acids is 2. The SMILES string of the molecule is CCCC(CC)(c1ccccc1)C(C(=O)O)C(=O)O. The second-order valence-electron chi connectivity index (χ2n) is 4.74. The third-order valence-electron chi connectivity index (χ3n) is 3.72. The molecule has 0 bridgehead atoms. The molecule has 19 heavy (non-hydrogen) atoms. The minimum atomic E-state index is -1.42. The van der Waals surface area contributed by atoms with Gasteiger partial charge in [-0.3, -0.25) is 9.59 Å². The number of carboxylic acids is 2. The van der Waals surface area contributed by atoms with E-state index in [2.05, 4.69) is 0 Å². The van der Waals surface area contributed by atoms with E-state index in [0.717, 1.165) is 12.0 Å². The number of carboxylic acid groups (broad SMARTS) is 2. The summed E-state index contributed by atoms with van der Waals surface area (Å²) in [6.45, 7) is 3.79. The first-order chi connectivity index (χ1) is 8.99. The van der Waals surface area contributed by atoms with E-state index in [1.165, 1.54) is 0 Å². The molecule has 0 aliphatic carbocycles. The molecule has 0 fully saturated rings. The van der Waals surface area contributed by atoms with Crippen LogP contribution in [-0.2, 0) is 15.0 Å². The summed E-state index contributed by atoms with van der Waals surface area (Å²) in [4.78, 5) is 22.8. The number of benzene rings is 1. The molecule has 0 aromatic heterocycles. The van der Waals surface area contributed by atoms with Crippen molar-refractivity contribution in [1.82, 2.24) is 0 Å². The van der Waals surface area contributed by atoms with E-state index in [1.807, 2.05) is 44.2 Å². The normalized spacial score (nSPS) is 14.1. The Morgan fingerprint density at radius 2 is 1.63 bits per heavy atom. The molecular weight excluding hydrogens is 244 g/mol. The lowest BCUT2D eigenvalue weighted by Crippen LogP contribution is -2.44. The molecule has 0 radical (unpaired) electrons. The first-order valence-electron chi connectivity index (χ1n) is 6.50. The Morgan fingerprint density at radius 1 is 1.11 bits per heavy atom. The van der Waals surface area contributed by atoms with Crippen LogP contribution >= 0.6 is 0 Å². The molecule has 0 saturated heterocycles. The van der Waals surface area contributed by atoms with E-state index in [4.69, 9.17) is 0 Å². The fraction of sp³-hybridized carbons (Fsp3) is 0.467. The lowest BCUT2D eigenvalue weighted by atomic mass is 9.65. The molecular formula is C15H20O4. The van der Waals surface area contributed by atoms with Gasteiger partial charge in [-0.25, -0.2) is 0 Å². The van der Waals surface area contributed by atoms with Crippen molar-refractivity contribution in [3.63, 3.8) is 0 Å². The van der Waals surface area contributed by atoms with Gasteiger partial charge in [0.25, 0.3) is 0 Å². The van der Waals surface area contributed by atoms with Gasteiger partial charge in [0, 0.05) is 5.41 Å². The molecule has 1 aromatic rings. The maximum Gasteiger partial charge on any atom is 0.318 e. The minimum Gasteiger partial charge on any atom is -0.481 e. The zero-order valence-corrected chi connectivity index (χ0v) is 11.3. The summed E-state index contributed by atoms with van der Waals surface area (Å²) < 4.78 is 0. The molecule has 1 unspecified atom stereocenters. The first kappa shape index (κ1) is 15.2. The van der Waals surface area contributed by atoms with Gasteiger partial charge in [0.15, 0.2) is 5.92 Å². The van der Waals surface area contributed by atoms with E-state index in [1.54, 1.807) is 0 Å². The Kier molecular flexibility index (Phi) is 5.10. The third-order valence-corrected chi connectivity index (χ3v) is 3.72. The molecule has 104 valence electrons. The van der Waals surface area contributed by atoms with E-state index < -0.39 is 23.3 Å². The standard InChI is InChI=1S/C15H20O4/c1-3-10-15(4-2,11-8-6-5-7-9-11)12(13(16)17)14(18)19/h5-9,12H,3-4,10H2,1-2H3,(H,16,17)(H,18,19). The van der Waals surface area contributed by atoms with Crippen molar-refractivity contribution < 1.29 is 19.8 Å². The molecule has 1 atom stereocenters. The molecule has 4 heteroatoms. The van der Waals surface area contributed by atoms with Crippen LogP contribution in [0.5, 0.6) is 0 Å². The third kappa shape index (κ3) is 2.95. The van der Waals surface area contributed by atoms with Crippen molar-refractivity contribution >= 4 is 11.9 Å². The van der Waals surface area contributed by atoms with Gasteiger partial charge in [0.2, 0.25) is 0 Å². The van der Waals surface area contributed by atoms with Crippen molar-refractivity contribution in [3.8, 4) is 0 Å². The van der Waals surface area contributed by atoms with Crippen LogP contribution in [-0.4, -0.2) is 22.2 Å². The average molecular weight is 264 g/mol. The van der Waals surface area contributed by atoms with Gasteiger partial charge in [-0.2, -0.15) is 0 Å². The van der Waals surface area contributed by atoms with E-state index >= 15 is 0 Å². The molecule has 1 aromatic carbocycles. The van der Waals surface area contributed by atoms with Gasteiger partial charge >= 0.3 is 11.9 Å². The topological polar surface area (TPSA) is 74.6 Å². The lowest BCUT2D eigenvalue weighted by molar-refractivity contribution is -0.158. The van der Waals surface area contributed by atoms with Crippen molar-refractivity contribution in [2.45, 2.75) is 38.5 Å². The molecule has 4 nitrogen and oxygen atoms in total. The van der Waals surface area contributed by atoms with E-state index in [9.17, 15) is 19.8 Å². The number of rotatable bonds is 7. The predicted molar refractivity (Wildman–Crippen MR) is 72.1 cm³/mol. The number of carbonyl (C=O) groups is 2. The summed E-state index contributed by atoms with van der Waals surface area (Å²) in [5.41, 5.74) is -0.0672. The molecule has 0 heterocycles. The zero-order chi connectivity index (χ0) is 14.5. The van der Waals surface area contributed by atoms with Gasteiger partial charge in [-0.1, -0.05) is 50.6 Å². The van der Waals surface area contributed by atoms with Gasteiger partial charge in [-0.05, 0) is 18.4 Å². The molecule has 1 rings (SSSR count). The largest absolute Gasteiger partial charge is 0.481 e. The minimum absolute atomic E-state index is 0.480. The molecule has 0 amide bonds. The van der Waals surface area contributed by atoms with Crippen LogP contribution in [0.4, 0.5) is 0 Å². The molecule has 0 spiro atoms. The van der Waals surface area contributed by atoms with E-state index in [0.29, 0.717) is 12.8 Å². The highest BCUT2D eigenvalue weighted by Crippen LogP contribution is 2.40. The van der Waals surface area contributed by atoms with Gasteiger partial charge < -0.3 is 10.2 Å². The smallest absolute Gasteiger partial charge is 0.318 e. The van der Waals surface area contributed by atoms with Crippen LogP contribution in [0.3, 0.4) is 0 Å². The van der Waals surface area contributed by atoms with Crippen LogP contribution in [0, 0.1) is 5.92 Å². The number of hydrogen-bond acceptors (Lipinski definition) is 2. The summed E-state index contributed by atoms with van der Waals surface area (Å²) in [5.74, 6) is -3.96. The Morgan fingerprint density at radius 3 is 2.00 bits per heavy atom. The summed E-state index contributed by atoms with van der Waals surface area (Å²) in [6, 6.07) is 9.11. The summed E-state index contributed by atoms with van der Waals surface area (Å²) in [7, 11) is 0. The predicted octanol–water partition coefficient (Wildman–Crippen LogP) is 2.92. The van der Waals surface area contributed by atoms with Crippen LogP contribution in [0.1, 0.15) is 38.7 Å². The Labute approximate surface area is 113 Å². The van der Waals surface area contributed by atoms with Crippen molar-refractivity contribution in [2.24, 2.45) is 5.92 Å². The van der Waals surface area contributed by atoms with Crippen LogP contribution < -0.4 is 0 Å². The molecule has 2 N–H and O–H groups in total. The Hall–Kier alpha value is -1.84. The zero-order valence-electron chi connectivity index (χ0n) is 11.3. The molecule has 0 aliphatic rings. The second-order valence-corrected chi connectivity index (χ2v) is 4.74. The first-order valence-corrected chi connectivity index (χ1v) is 6.50. The van der Waals surface area contributed by atoms with Crippen molar-refractivity contribution in [1.29, 1.82) is 0 Å². The Bertz CT molecular complexity index is 427. The summed E-state index contributed by atoms with van der Waals surface area (Å²) in [5, 5.41) is 18.6. The van der Waals surface area contributed by atoms with Crippen LogP contribution in [0.2, 0.25) is 0 Å². The maximum atomic E-state index is 11.4. The van der Waals surface area contributed by atoms with Gasteiger partial charge in [0.1, 0.15) is 0 Å². The maximum absolute atomic E-state index is 11.4. The summed E-state index contributed by atoms with van der Waals surface area (Å²) in [6.07, 6.45) is 1.75. The highest BCUT2D eigenvalue weighted by molar-refractivity contribution is 5.95. The summed E-state index contributed by atoms with van der Waals surface area (Å²) >= 11 is 0.